The number of hydrogen-bond donors (Lipinski definition) is 3. The summed E-state index contributed by atoms with van der Waals surface area (Å²) in [6, 6.07) is 7.10. The highest BCUT2D eigenvalue weighted by atomic mass is 32.1. The summed E-state index contributed by atoms with van der Waals surface area (Å²) in [5, 5.41) is 9.96. The van der Waals surface area contributed by atoms with Crippen molar-refractivity contribution in [1.82, 2.24) is 20.4 Å². The Hall–Kier alpha value is -3.31. The molecule has 1 aromatic heterocycles. The summed E-state index contributed by atoms with van der Waals surface area (Å²) >= 11 is 1.33. The molecule has 3 N–H and O–H groups in total. The van der Waals surface area contributed by atoms with Gasteiger partial charge in [-0.15, -0.1) is 11.3 Å². The van der Waals surface area contributed by atoms with E-state index in [1.165, 1.54) is 22.6 Å². The number of fused-ring (bicyclic) bond motifs is 1. The lowest BCUT2D eigenvalue weighted by Crippen LogP contribution is -2.58. The summed E-state index contributed by atoms with van der Waals surface area (Å²) in [5.41, 5.74) is -0.873. The smallest absolute Gasteiger partial charge is 0.319 e. The zero-order valence-electron chi connectivity index (χ0n) is 20.9. The molecule has 0 aliphatic carbocycles. The van der Waals surface area contributed by atoms with Gasteiger partial charge in [-0.3, -0.25) is 29.6 Å². The number of nitrogens with zero attached hydrogens (tertiary/aromatic N) is 3. The SMILES string of the molecule is CCNC(=O)Nc1sc2ccccc2c1C(=O)C1CNCCC12N=CN(CC(=O)N1CCCCC1)C2=O. The number of thiophene rings is 1. The Labute approximate surface area is 219 Å². The second-order valence-electron chi connectivity index (χ2n) is 9.70. The molecule has 3 aliphatic heterocycles. The molecule has 4 amide bonds. The van der Waals surface area contributed by atoms with Crippen LogP contribution in [0.15, 0.2) is 29.3 Å². The van der Waals surface area contributed by atoms with E-state index in [1.807, 2.05) is 31.2 Å². The number of likely N-dealkylation sites (tertiary alicyclic amines) is 1. The van der Waals surface area contributed by atoms with Crippen molar-refractivity contribution in [3.05, 3.63) is 29.8 Å². The maximum atomic E-state index is 14.2. The van der Waals surface area contributed by atoms with Crippen molar-refractivity contribution in [1.29, 1.82) is 0 Å². The van der Waals surface area contributed by atoms with E-state index in [0.717, 1.165) is 29.3 Å². The highest BCUT2D eigenvalue weighted by molar-refractivity contribution is 7.23. The van der Waals surface area contributed by atoms with Crippen LogP contribution in [0.2, 0.25) is 0 Å². The Balaban J connectivity index is 1.43. The number of carbonyl (C=O) groups excluding carboxylic acids is 4. The third-order valence-corrected chi connectivity index (χ3v) is 8.49. The van der Waals surface area contributed by atoms with Crippen molar-refractivity contribution in [2.45, 2.75) is 38.1 Å². The summed E-state index contributed by atoms with van der Waals surface area (Å²) in [4.78, 5) is 61.0. The van der Waals surface area contributed by atoms with Gasteiger partial charge in [0.15, 0.2) is 11.3 Å². The van der Waals surface area contributed by atoms with Crippen LogP contribution < -0.4 is 16.0 Å². The van der Waals surface area contributed by atoms with Gasteiger partial charge < -0.3 is 15.5 Å². The molecule has 2 unspecified atom stereocenters. The van der Waals surface area contributed by atoms with Crippen LogP contribution in [0.4, 0.5) is 9.80 Å². The fourth-order valence-electron chi connectivity index (χ4n) is 5.48. The number of carbonyl (C=O) groups is 4. The first kappa shape index (κ1) is 25.3. The molecule has 37 heavy (non-hydrogen) atoms. The van der Waals surface area contributed by atoms with Crippen LogP contribution in [0.5, 0.6) is 0 Å². The first-order valence-electron chi connectivity index (χ1n) is 12.9. The van der Waals surface area contributed by atoms with Crippen molar-refractivity contribution >= 4 is 56.4 Å². The van der Waals surface area contributed by atoms with E-state index in [2.05, 4.69) is 20.9 Å². The fourth-order valence-corrected chi connectivity index (χ4v) is 6.58. The maximum Gasteiger partial charge on any atom is 0.319 e. The van der Waals surface area contributed by atoms with Gasteiger partial charge in [-0.1, -0.05) is 18.2 Å². The van der Waals surface area contributed by atoms with Crippen LogP contribution in [-0.2, 0) is 9.59 Å². The number of benzene rings is 1. The monoisotopic (exact) mass is 524 g/mol. The predicted molar refractivity (Wildman–Crippen MR) is 143 cm³/mol. The molecule has 0 saturated carbocycles. The topological polar surface area (TPSA) is 123 Å². The van der Waals surface area contributed by atoms with E-state index in [9.17, 15) is 19.2 Å². The molecule has 0 bridgehead atoms. The molecule has 2 fully saturated rings. The lowest BCUT2D eigenvalue weighted by Gasteiger charge is -2.37. The number of piperidine rings is 2. The van der Waals surface area contributed by atoms with Gasteiger partial charge in [0.05, 0.1) is 17.8 Å². The zero-order chi connectivity index (χ0) is 26.0. The fraction of sp³-hybridized carbons (Fsp3) is 0.500. The highest BCUT2D eigenvalue weighted by Crippen LogP contribution is 2.42. The van der Waals surface area contributed by atoms with Crippen molar-refractivity contribution in [2.75, 3.05) is 44.6 Å². The molecule has 2 aromatic rings. The van der Waals surface area contributed by atoms with Crippen LogP contribution in [0, 0.1) is 5.92 Å². The van der Waals surface area contributed by atoms with E-state index >= 15 is 0 Å². The summed E-state index contributed by atoms with van der Waals surface area (Å²) < 4.78 is 0.866. The van der Waals surface area contributed by atoms with Gasteiger partial charge in [-0.2, -0.15) is 0 Å². The highest BCUT2D eigenvalue weighted by Gasteiger charge is 2.55. The number of aliphatic imine (C=N–C) groups is 1. The number of ketones is 1. The summed E-state index contributed by atoms with van der Waals surface area (Å²) in [5.74, 6) is -1.42. The third kappa shape index (κ3) is 4.73. The van der Waals surface area contributed by atoms with Gasteiger partial charge in [0.25, 0.3) is 5.91 Å². The average Bonchev–Trinajstić information content (AvgIpc) is 3.42. The number of urea groups is 1. The van der Waals surface area contributed by atoms with Crippen molar-refractivity contribution < 1.29 is 19.2 Å². The number of hydrogen-bond acceptors (Lipinski definition) is 7. The minimum Gasteiger partial charge on any atom is -0.341 e. The summed E-state index contributed by atoms with van der Waals surface area (Å²) in [6.07, 6.45) is 4.86. The molecule has 10 nitrogen and oxygen atoms in total. The summed E-state index contributed by atoms with van der Waals surface area (Å²) in [7, 11) is 0. The predicted octanol–water partition coefficient (Wildman–Crippen LogP) is 2.46. The second kappa shape index (κ2) is 10.6. The van der Waals surface area contributed by atoms with E-state index in [-0.39, 0.29) is 30.7 Å². The average molecular weight is 525 g/mol. The minimum atomic E-state index is -1.27. The Morgan fingerprint density at radius 1 is 1.19 bits per heavy atom. The quantitative estimate of drug-likeness (QED) is 0.501. The largest absolute Gasteiger partial charge is 0.341 e. The molecule has 2 atom stereocenters. The Kier molecular flexibility index (Phi) is 7.25. The molecule has 0 radical (unpaired) electrons. The Bertz CT molecular complexity index is 1250. The summed E-state index contributed by atoms with van der Waals surface area (Å²) in [6.45, 7) is 4.44. The van der Waals surface area contributed by atoms with Crippen LogP contribution in [0.25, 0.3) is 10.1 Å². The Morgan fingerprint density at radius 3 is 2.76 bits per heavy atom. The second-order valence-corrected chi connectivity index (χ2v) is 10.8. The molecule has 4 heterocycles. The van der Waals surface area contributed by atoms with Crippen molar-refractivity contribution in [3.63, 3.8) is 0 Å². The van der Waals surface area contributed by atoms with E-state index in [4.69, 9.17) is 0 Å². The third-order valence-electron chi connectivity index (χ3n) is 7.40. The molecule has 11 heteroatoms. The normalized spacial score (nSPS) is 23.6. The van der Waals surface area contributed by atoms with Gasteiger partial charge in [0.2, 0.25) is 5.91 Å². The van der Waals surface area contributed by atoms with Crippen LogP contribution in [-0.4, -0.2) is 84.6 Å². The van der Waals surface area contributed by atoms with Gasteiger partial charge in [-0.05, 0) is 45.2 Å². The molecule has 3 aliphatic rings. The number of anilines is 1. The van der Waals surface area contributed by atoms with Crippen LogP contribution >= 0.6 is 11.3 Å². The molecule has 1 spiro atoms. The number of rotatable bonds is 6. The van der Waals surface area contributed by atoms with Gasteiger partial charge >= 0.3 is 6.03 Å². The number of nitrogens with one attached hydrogen (secondary N) is 3. The molecular weight excluding hydrogens is 492 g/mol. The van der Waals surface area contributed by atoms with E-state index in [0.29, 0.717) is 43.2 Å². The molecular formula is C26H32N6O4S. The van der Waals surface area contributed by atoms with Crippen molar-refractivity contribution in [2.24, 2.45) is 10.9 Å². The van der Waals surface area contributed by atoms with Gasteiger partial charge in [0.1, 0.15) is 11.5 Å². The van der Waals surface area contributed by atoms with Crippen molar-refractivity contribution in [3.8, 4) is 0 Å². The van der Waals surface area contributed by atoms with Crippen LogP contribution in [0.3, 0.4) is 0 Å². The van der Waals surface area contributed by atoms with E-state index in [1.54, 1.807) is 4.90 Å². The minimum absolute atomic E-state index is 0.0657. The van der Waals surface area contributed by atoms with Crippen LogP contribution in [0.1, 0.15) is 43.0 Å². The number of amides is 4. The molecule has 2 saturated heterocycles. The van der Waals surface area contributed by atoms with Gasteiger partial charge in [0, 0.05) is 36.3 Å². The lowest BCUT2D eigenvalue weighted by atomic mass is 9.74. The Morgan fingerprint density at radius 2 is 1.97 bits per heavy atom. The zero-order valence-corrected chi connectivity index (χ0v) is 21.7. The maximum absolute atomic E-state index is 14.2. The van der Waals surface area contributed by atoms with Gasteiger partial charge in [-0.25, -0.2) is 4.79 Å². The lowest BCUT2D eigenvalue weighted by molar-refractivity contribution is -0.140. The standard InChI is InChI=1S/C26H32N6O4S/c1-2-28-25(36)30-23-21(17-8-4-5-9-19(17)37-23)22(34)18-14-27-11-10-26(18)24(35)32(16-29-26)15-20(33)31-12-6-3-7-13-31/h4-5,8-9,16,18,27H,2-3,6-7,10-15H2,1H3,(H2,28,30,36). The molecule has 1 aromatic carbocycles. The first-order chi connectivity index (χ1) is 17.9. The van der Waals surface area contributed by atoms with E-state index < -0.39 is 17.5 Å². The molecule has 5 rings (SSSR count). The first-order valence-corrected chi connectivity index (χ1v) is 13.7. The molecule has 196 valence electrons. The number of Topliss-reactive ketones (excluding diaryl/α,β-unsaturated/α-hetero) is 1.